The third-order valence-corrected chi connectivity index (χ3v) is 9.14. The molecule has 1 aliphatic carbocycles. The van der Waals surface area contributed by atoms with Crippen LogP contribution in [0, 0.1) is 5.92 Å². The molecule has 1 aromatic heterocycles. The van der Waals surface area contributed by atoms with E-state index in [-0.39, 0.29) is 40.5 Å². The van der Waals surface area contributed by atoms with E-state index in [1.54, 1.807) is 68.6 Å². The number of anilines is 2. The van der Waals surface area contributed by atoms with Crippen LogP contribution in [0.4, 0.5) is 11.4 Å². The third-order valence-electron chi connectivity index (χ3n) is 9.14. The minimum Gasteiger partial charge on any atom is -0.493 e. The third kappa shape index (κ3) is 7.19. The fourth-order valence-electron chi connectivity index (χ4n) is 6.37. The van der Waals surface area contributed by atoms with Gasteiger partial charge in [0.25, 0.3) is 0 Å². The Hall–Kier alpha value is -5.65. The Kier molecular flexibility index (Phi) is 10.9. The number of nitrogens with one attached hydrogen (secondary N) is 3. The van der Waals surface area contributed by atoms with E-state index in [4.69, 9.17) is 14.2 Å². The summed E-state index contributed by atoms with van der Waals surface area (Å²) in [5.74, 6) is 0.584. The second kappa shape index (κ2) is 15.3. The average molecular weight is 682 g/mol. The number of hydrogen-bond donors (Lipinski definition) is 3. The highest BCUT2D eigenvalue weighted by atomic mass is 16.5. The van der Waals surface area contributed by atoms with Gasteiger partial charge in [-0.2, -0.15) is 0 Å². The number of ketones is 1. The average Bonchev–Trinajstić information content (AvgIpc) is 3.40. The van der Waals surface area contributed by atoms with Gasteiger partial charge in [-0.3, -0.25) is 19.2 Å². The Morgan fingerprint density at radius 1 is 1.02 bits per heavy atom. The number of ether oxygens (including phenoxy) is 3. The van der Waals surface area contributed by atoms with E-state index in [2.05, 4.69) is 20.9 Å². The summed E-state index contributed by atoms with van der Waals surface area (Å²) in [4.78, 5) is 57.4. The van der Waals surface area contributed by atoms with Crippen molar-refractivity contribution in [2.75, 3.05) is 32.0 Å². The zero-order chi connectivity index (χ0) is 36.1. The van der Waals surface area contributed by atoms with Gasteiger partial charge in [0.15, 0.2) is 17.3 Å². The van der Waals surface area contributed by atoms with Crippen molar-refractivity contribution < 1.29 is 28.6 Å². The lowest BCUT2D eigenvalue weighted by molar-refractivity contribution is -0.120. The van der Waals surface area contributed by atoms with E-state index in [1.165, 1.54) is 20.1 Å². The van der Waals surface area contributed by atoms with Crippen LogP contribution in [0.5, 0.6) is 17.2 Å². The molecule has 0 fully saturated rings. The number of imidazole rings is 1. The van der Waals surface area contributed by atoms with Crippen molar-refractivity contribution in [1.29, 1.82) is 0 Å². The Labute approximate surface area is 291 Å². The van der Waals surface area contributed by atoms with Crippen LogP contribution in [-0.2, 0) is 23.1 Å². The molecule has 1 aliphatic rings. The van der Waals surface area contributed by atoms with Crippen LogP contribution in [-0.4, -0.2) is 54.5 Å². The number of carbonyl (C=O) groups excluding carboxylic acids is 3. The van der Waals surface area contributed by atoms with Crippen LogP contribution < -0.4 is 35.6 Å². The van der Waals surface area contributed by atoms with Crippen molar-refractivity contribution >= 4 is 29.0 Å². The monoisotopic (exact) mass is 681 g/mol. The molecule has 4 aromatic rings. The van der Waals surface area contributed by atoms with Gasteiger partial charge < -0.3 is 34.7 Å². The Morgan fingerprint density at radius 2 is 1.78 bits per heavy atom. The van der Waals surface area contributed by atoms with Crippen molar-refractivity contribution in [3.8, 4) is 28.4 Å². The fourth-order valence-corrected chi connectivity index (χ4v) is 6.37. The molecule has 1 heterocycles. The number of hydrogen-bond acceptors (Lipinski definition) is 9. The molecular formula is C38H43N5O7. The molecule has 12 nitrogen and oxygen atoms in total. The number of aryl methyl sites for hydroxylation is 2. The predicted molar refractivity (Wildman–Crippen MR) is 191 cm³/mol. The maximum Gasteiger partial charge on any atom is 0.247 e. The highest BCUT2D eigenvalue weighted by Gasteiger charge is 2.30. The highest BCUT2D eigenvalue weighted by Crippen LogP contribution is 2.50. The highest BCUT2D eigenvalue weighted by molar-refractivity contribution is 6.08. The molecule has 0 saturated carbocycles. The van der Waals surface area contributed by atoms with Crippen LogP contribution in [0.25, 0.3) is 11.1 Å². The van der Waals surface area contributed by atoms with Gasteiger partial charge >= 0.3 is 0 Å². The largest absolute Gasteiger partial charge is 0.493 e. The molecule has 0 spiro atoms. The van der Waals surface area contributed by atoms with Crippen LogP contribution in [0.2, 0.25) is 0 Å². The second-order valence-corrected chi connectivity index (χ2v) is 12.4. The summed E-state index contributed by atoms with van der Waals surface area (Å²) in [5.41, 5.74) is 3.59. The van der Waals surface area contributed by atoms with Gasteiger partial charge in [0.2, 0.25) is 28.8 Å². The first kappa shape index (κ1) is 35.7. The number of benzene rings is 2. The molecule has 0 unspecified atom stereocenters. The molecule has 5 rings (SSSR count). The maximum atomic E-state index is 14.0. The first-order valence-corrected chi connectivity index (χ1v) is 16.5. The zero-order valence-electron chi connectivity index (χ0n) is 29.4. The Bertz CT molecular complexity index is 1990. The summed E-state index contributed by atoms with van der Waals surface area (Å²) in [7, 11) is 6.37. The summed E-state index contributed by atoms with van der Waals surface area (Å²) >= 11 is 0. The Morgan fingerprint density at radius 3 is 2.42 bits per heavy atom. The smallest absolute Gasteiger partial charge is 0.247 e. The molecule has 3 N–H and O–H groups in total. The minimum absolute atomic E-state index is 0.181. The minimum atomic E-state index is -0.805. The fraction of sp³-hybridized carbons (Fsp3) is 0.342. The first-order chi connectivity index (χ1) is 24.0. The lowest BCUT2D eigenvalue weighted by atomic mass is 9.95. The molecular weight excluding hydrogens is 638 g/mol. The summed E-state index contributed by atoms with van der Waals surface area (Å²) in [5, 5.41) is 9.17. The number of fused-ring (bicyclic) bond motifs is 3. The van der Waals surface area contributed by atoms with E-state index in [0.717, 1.165) is 11.1 Å². The summed E-state index contributed by atoms with van der Waals surface area (Å²) < 4.78 is 18.8. The van der Waals surface area contributed by atoms with Crippen molar-refractivity contribution in [3.63, 3.8) is 0 Å². The molecule has 0 saturated heterocycles. The lowest BCUT2D eigenvalue weighted by Gasteiger charge is -2.24. The van der Waals surface area contributed by atoms with E-state index in [1.807, 2.05) is 26.0 Å². The zero-order valence-corrected chi connectivity index (χ0v) is 29.4. The van der Waals surface area contributed by atoms with Gasteiger partial charge in [-0.05, 0) is 65.8 Å². The molecule has 0 bridgehead atoms. The van der Waals surface area contributed by atoms with Crippen LogP contribution >= 0.6 is 0 Å². The second-order valence-electron chi connectivity index (χ2n) is 12.4. The topological polar surface area (TPSA) is 150 Å². The van der Waals surface area contributed by atoms with Gasteiger partial charge in [-0.25, -0.2) is 4.98 Å². The van der Waals surface area contributed by atoms with Gasteiger partial charge in [0.1, 0.15) is 6.04 Å². The normalized spacial score (nSPS) is 14.6. The standard InChI is InChI=1S/C38H43N5O7/c1-8-21(2)33(38(47)41-25-11-9-10-24(18-25)34(46)37-39-16-17-43(37)4)42-29-15-13-26-27(20-30(29)45)28(40-22(3)44)14-12-23-19-31(48-5)35(49-6)36(50-7)32(23)26/h9-11,13,15-21,28,33H,8,12,14H2,1-7H3,(H,40,44)(H,41,47)(H,42,45)/t21-,28+,33+/m1/s1. The summed E-state index contributed by atoms with van der Waals surface area (Å²) in [6, 6.07) is 12.3. The van der Waals surface area contributed by atoms with Crippen molar-refractivity contribution in [2.45, 2.75) is 52.1 Å². The number of nitrogens with zero attached hydrogens (tertiary/aromatic N) is 2. The van der Waals surface area contributed by atoms with E-state index in [9.17, 15) is 19.2 Å². The van der Waals surface area contributed by atoms with Gasteiger partial charge in [-0.15, -0.1) is 0 Å². The van der Waals surface area contributed by atoms with Crippen molar-refractivity contribution in [1.82, 2.24) is 14.9 Å². The molecule has 3 aromatic carbocycles. The number of aromatic nitrogens is 2. The molecule has 12 heteroatoms. The van der Waals surface area contributed by atoms with Gasteiger partial charge in [0, 0.05) is 43.2 Å². The van der Waals surface area contributed by atoms with Crippen molar-refractivity contribution in [2.24, 2.45) is 13.0 Å². The van der Waals surface area contributed by atoms with Crippen LogP contribution in [0.3, 0.4) is 0 Å². The number of amides is 2. The number of rotatable bonds is 12. The Balaban J connectivity index is 1.55. The SMILES string of the molecule is CC[C@@H](C)[C@H](Nc1ccc2c(cc1=O)[C@@H](NC(C)=O)CCc1cc(OC)c(OC)c(OC)c1-2)C(=O)Nc1cccc(C(=O)c2nccn2C)c1. The number of carbonyl (C=O) groups is 3. The van der Waals surface area contributed by atoms with E-state index in [0.29, 0.717) is 58.9 Å². The number of methoxy groups -OCH3 is 3. The molecule has 3 atom stereocenters. The van der Waals surface area contributed by atoms with Gasteiger partial charge in [0.05, 0.1) is 33.1 Å². The van der Waals surface area contributed by atoms with Crippen LogP contribution in [0.1, 0.15) is 67.0 Å². The molecule has 2 amide bonds. The molecule has 262 valence electrons. The molecule has 0 radical (unpaired) electrons. The quantitative estimate of drug-likeness (QED) is 0.170. The molecule has 50 heavy (non-hydrogen) atoms. The van der Waals surface area contributed by atoms with Crippen LogP contribution in [0.15, 0.2) is 65.7 Å². The van der Waals surface area contributed by atoms with E-state index < -0.39 is 12.1 Å². The molecule has 0 aliphatic heterocycles. The maximum absolute atomic E-state index is 14.0. The predicted octanol–water partition coefficient (Wildman–Crippen LogP) is 5.29. The first-order valence-electron chi connectivity index (χ1n) is 16.5. The van der Waals surface area contributed by atoms with Gasteiger partial charge in [-0.1, -0.05) is 38.5 Å². The summed E-state index contributed by atoms with van der Waals surface area (Å²) in [6.45, 7) is 5.33. The van der Waals surface area contributed by atoms with Crippen molar-refractivity contribution in [3.05, 3.63) is 93.7 Å². The van der Waals surface area contributed by atoms with E-state index >= 15 is 0 Å². The lowest BCUT2D eigenvalue weighted by Crippen LogP contribution is -2.40. The summed E-state index contributed by atoms with van der Waals surface area (Å²) in [6.07, 6.45) is 4.97.